The average Bonchev–Trinajstić information content (AvgIpc) is 3.32. The molecule has 25 heavy (non-hydrogen) atoms. The first-order chi connectivity index (χ1) is 12.2. The molecule has 8 nitrogen and oxygen atoms in total. The van der Waals surface area contributed by atoms with Gasteiger partial charge in [-0.15, -0.1) is 0 Å². The number of hydrogen-bond donors (Lipinski definition) is 1. The molecule has 1 saturated carbocycles. The molecule has 1 aliphatic carbocycles. The molecule has 0 aromatic carbocycles. The molecule has 3 heterocycles. The van der Waals surface area contributed by atoms with Gasteiger partial charge in [0.05, 0.1) is 31.7 Å². The molecule has 2 aromatic heterocycles. The topological polar surface area (TPSA) is 85.2 Å². The van der Waals surface area contributed by atoms with E-state index in [0.29, 0.717) is 31.3 Å². The molecule has 0 radical (unpaired) electrons. The minimum absolute atomic E-state index is 0.121. The predicted octanol–water partition coefficient (Wildman–Crippen LogP) is 1.16. The van der Waals surface area contributed by atoms with Crippen LogP contribution in [-0.4, -0.2) is 45.6 Å². The van der Waals surface area contributed by atoms with Crippen molar-refractivity contribution in [3.8, 4) is 5.88 Å². The lowest BCUT2D eigenvalue weighted by Gasteiger charge is -2.35. The van der Waals surface area contributed by atoms with Crippen molar-refractivity contribution >= 4 is 11.7 Å². The summed E-state index contributed by atoms with van der Waals surface area (Å²) in [5, 5.41) is 3.08. The zero-order valence-electron chi connectivity index (χ0n) is 14.3. The Kier molecular flexibility index (Phi) is 4.25. The van der Waals surface area contributed by atoms with E-state index in [1.807, 2.05) is 18.6 Å². The number of imidazole rings is 1. The summed E-state index contributed by atoms with van der Waals surface area (Å²) in [6, 6.07) is 1.95. The van der Waals surface area contributed by atoms with Crippen molar-refractivity contribution in [3.05, 3.63) is 30.6 Å². The highest BCUT2D eigenvalue weighted by atomic mass is 16.5. The van der Waals surface area contributed by atoms with Crippen LogP contribution in [0.25, 0.3) is 0 Å². The number of anilines is 1. The van der Waals surface area contributed by atoms with Crippen molar-refractivity contribution < 1.29 is 9.53 Å². The zero-order valence-corrected chi connectivity index (χ0v) is 14.3. The SMILES string of the molecule is COc1cc(N2Cc3cncn3[C@@H](CNC(=O)CC3CC3)C2)ncn1. The normalized spacial score (nSPS) is 19.4. The molecule has 1 fully saturated rings. The van der Waals surface area contributed by atoms with Gasteiger partial charge in [0.2, 0.25) is 11.8 Å². The van der Waals surface area contributed by atoms with E-state index in [9.17, 15) is 4.79 Å². The molecular formula is C17H22N6O2. The van der Waals surface area contributed by atoms with E-state index in [1.165, 1.54) is 19.2 Å². The molecule has 0 bridgehead atoms. The first-order valence-corrected chi connectivity index (χ1v) is 8.61. The van der Waals surface area contributed by atoms with Gasteiger partial charge in [0, 0.05) is 31.8 Å². The Bertz CT molecular complexity index is 757. The fourth-order valence-corrected chi connectivity index (χ4v) is 3.23. The van der Waals surface area contributed by atoms with Crippen LogP contribution in [0.15, 0.2) is 24.9 Å². The number of hydrogen-bond acceptors (Lipinski definition) is 6. The number of methoxy groups -OCH3 is 1. The lowest BCUT2D eigenvalue weighted by molar-refractivity contribution is -0.121. The van der Waals surface area contributed by atoms with E-state index in [0.717, 1.165) is 18.1 Å². The van der Waals surface area contributed by atoms with Gasteiger partial charge in [-0.1, -0.05) is 0 Å². The third-order valence-electron chi connectivity index (χ3n) is 4.79. The average molecular weight is 342 g/mol. The number of nitrogens with one attached hydrogen (secondary N) is 1. The molecule has 1 atom stereocenters. The van der Waals surface area contributed by atoms with Crippen molar-refractivity contribution in [2.75, 3.05) is 25.1 Å². The monoisotopic (exact) mass is 342 g/mol. The maximum absolute atomic E-state index is 12.0. The van der Waals surface area contributed by atoms with Crippen molar-refractivity contribution in [1.29, 1.82) is 0 Å². The van der Waals surface area contributed by atoms with Crippen LogP contribution in [0.3, 0.4) is 0 Å². The van der Waals surface area contributed by atoms with Gasteiger partial charge in [-0.25, -0.2) is 15.0 Å². The van der Waals surface area contributed by atoms with Gasteiger partial charge >= 0.3 is 0 Å². The Morgan fingerprint density at radius 2 is 2.28 bits per heavy atom. The van der Waals surface area contributed by atoms with Crippen LogP contribution in [0.5, 0.6) is 5.88 Å². The van der Waals surface area contributed by atoms with Crippen molar-refractivity contribution in [2.45, 2.75) is 31.8 Å². The standard InChI is InChI=1S/C17H22N6O2/c1-25-17-5-15(20-10-21-17)22-8-13-6-18-11-23(13)14(9-22)7-19-16(24)4-12-2-3-12/h5-6,10-12,14H,2-4,7-9H2,1H3,(H,19,24)/t14-/m0/s1. The summed E-state index contributed by atoms with van der Waals surface area (Å²) in [6.07, 6.45) is 8.23. The molecule has 0 spiro atoms. The van der Waals surface area contributed by atoms with E-state index in [1.54, 1.807) is 7.11 Å². The second-order valence-electron chi connectivity index (χ2n) is 6.70. The Labute approximate surface area is 146 Å². The Balaban J connectivity index is 1.47. The van der Waals surface area contributed by atoms with Gasteiger partial charge in [-0.3, -0.25) is 4.79 Å². The van der Waals surface area contributed by atoms with Crippen LogP contribution in [0.2, 0.25) is 0 Å². The summed E-state index contributed by atoms with van der Waals surface area (Å²) in [6.45, 7) is 2.05. The van der Waals surface area contributed by atoms with E-state index in [2.05, 4.69) is 29.7 Å². The van der Waals surface area contributed by atoms with Crippen molar-refractivity contribution in [3.63, 3.8) is 0 Å². The summed E-state index contributed by atoms with van der Waals surface area (Å²) in [5.74, 6) is 2.09. The lowest BCUT2D eigenvalue weighted by Crippen LogP contribution is -2.42. The van der Waals surface area contributed by atoms with Gasteiger partial charge in [0.25, 0.3) is 0 Å². The molecule has 1 amide bonds. The van der Waals surface area contributed by atoms with Crippen LogP contribution in [0.1, 0.15) is 31.0 Å². The molecular weight excluding hydrogens is 320 g/mol. The van der Waals surface area contributed by atoms with Crippen LogP contribution in [-0.2, 0) is 11.3 Å². The van der Waals surface area contributed by atoms with Crippen LogP contribution < -0.4 is 15.0 Å². The highest BCUT2D eigenvalue weighted by molar-refractivity contribution is 5.76. The molecule has 132 valence electrons. The maximum Gasteiger partial charge on any atom is 0.220 e. The predicted molar refractivity (Wildman–Crippen MR) is 91.2 cm³/mol. The number of amides is 1. The zero-order chi connectivity index (χ0) is 17.2. The van der Waals surface area contributed by atoms with Gasteiger partial charge < -0.3 is 19.5 Å². The molecule has 0 unspecified atom stereocenters. The highest BCUT2D eigenvalue weighted by Gasteiger charge is 2.28. The van der Waals surface area contributed by atoms with Gasteiger partial charge in [0.15, 0.2) is 0 Å². The summed E-state index contributed by atoms with van der Waals surface area (Å²) in [5.41, 5.74) is 1.10. The molecule has 2 aromatic rings. The van der Waals surface area contributed by atoms with Crippen molar-refractivity contribution in [1.82, 2.24) is 24.8 Å². The number of nitrogens with zero attached hydrogens (tertiary/aromatic N) is 5. The molecule has 2 aliphatic rings. The molecule has 8 heteroatoms. The number of fused-ring (bicyclic) bond motifs is 1. The second kappa shape index (κ2) is 6.70. The minimum Gasteiger partial charge on any atom is -0.481 e. The van der Waals surface area contributed by atoms with E-state index in [-0.39, 0.29) is 11.9 Å². The summed E-state index contributed by atoms with van der Waals surface area (Å²) in [4.78, 5) is 26.9. The number of carbonyl (C=O) groups excluding carboxylic acids is 1. The lowest BCUT2D eigenvalue weighted by atomic mass is 10.1. The van der Waals surface area contributed by atoms with Crippen LogP contribution in [0.4, 0.5) is 5.82 Å². The number of carbonyl (C=O) groups is 1. The quantitative estimate of drug-likeness (QED) is 0.848. The number of ether oxygens (including phenoxy) is 1. The third kappa shape index (κ3) is 3.57. The Hall–Kier alpha value is -2.64. The maximum atomic E-state index is 12.0. The molecule has 0 saturated heterocycles. The molecule has 4 rings (SSSR count). The van der Waals surface area contributed by atoms with E-state index >= 15 is 0 Å². The van der Waals surface area contributed by atoms with Gasteiger partial charge in [0.1, 0.15) is 12.1 Å². The van der Waals surface area contributed by atoms with Gasteiger partial charge in [-0.05, 0) is 18.8 Å². The van der Waals surface area contributed by atoms with E-state index < -0.39 is 0 Å². The summed E-state index contributed by atoms with van der Waals surface area (Å²) in [7, 11) is 1.59. The fourth-order valence-electron chi connectivity index (χ4n) is 3.23. The van der Waals surface area contributed by atoms with E-state index in [4.69, 9.17) is 4.74 Å². The molecule has 1 aliphatic heterocycles. The third-order valence-corrected chi connectivity index (χ3v) is 4.79. The number of aromatic nitrogens is 4. The van der Waals surface area contributed by atoms with Crippen molar-refractivity contribution in [2.24, 2.45) is 5.92 Å². The van der Waals surface area contributed by atoms with Crippen LogP contribution in [0, 0.1) is 5.92 Å². The Morgan fingerprint density at radius 1 is 1.40 bits per heavy atom. The highest BCUT2D eigenvalue weighted by Crippen LogP contribution is 2.32. The smallest absolute Gasteiger partial charge is 0.220 e. The largest absolute Gasteiger partial charge is 0.481 e. The first-order valence-electron chi connectivity index (χ1n) is 8.61. The summed E-state index contributed by atoms with van der Waals surface area (Å²) >= 11 is 0. The fraction of sp³-hybridized carbons (Fsp3) is 0.529. The molecule has 1 N–H and O–H groups in total. The minimum atomic E-state index is 0.121. The van der Waals surface area contributed by atoms with Crippen LogP contribution >= 0.6 is 0 Å². The first kappa shape index (κ1) is 15.9. The summed E-state index contributed by atoms with van der Waals surface area (Å²) < 4.78 is 7.34. The van der Waals surface area contributed by atoms with Gasteiger partial charge in [-0.2, -0.15) is 0 Å². The second-order valence-corrected chi connectivity index (χ2v) is 6.70. The Morgan fingerprint density at radius 3 is 3.08 bits per heavy atom. The number of rotatable bonds is 6.